The Labute approximate surface area is 126 Å². The number of rotatable bonds is 3. The maximum Gasteiger partial charge on any atom is 0.123 e. The number of methoxy groups -OCH3 is 1. The largest absolute Gasteiger partial charge is 0.496 e. The van der Waals surface area contributed by atoms with Gasteiger partial charge in [-0.1, -0.05) is 32.0 Å². The van der Waals surface area contributed by atoms with E-state index in [-0.39, 0.29) is 11.5 Å². The Morgan fingerprint density at radius 2 is 2.05 bits per heavy atom. The molecule has 1 aliphatic rings. The highest BCUT2D eigenvalue weighted by molar-refractivity contribution is 5.35. The third kappa shape index (κ3) is 2.70. The van der Waals surface area contributed by atoms with Crippen LogP contribution in [0.15, 0.2) is 36.5 Å². The Morgan fingerprint density at radius 3 is 2.81 bits per heavy atom. The van der Waals surface area contributed by atoms with Crippen molar-refractivity contribution in [3.05, 3.63) is 53.3 Å². The van der Waals surface area contributed by atoms with Crippen molar-refractivity contribution in [2.45, 2.75) is 39.3 Å². The van der Waals surface area contributed by atoms with Crippen LogP contribution in [0, 0.1) is 5.41 Å². The van der Waals surface area contributed by atoms with Crippen molar-refractivity contribution in [1.29, 1.82) is 0 Å². The van der Waals surface area contributed by atoms with Crippen molar-refractivity contribution in [2.75, 3.05) is 7.11 Å². The maximum atomic E-state index is 10.3. The Kier molecular flexibility index (Phi) is 3.54. The number of aromatic nitrogens is 1. The van der Waals surface area contributed by atoms with Gasteiger partial charge >= 0.3 is 0 Å². The summed E-state index contributed by atoms with van der Waals surface area (Å²) in [5.41, 5.74) is 3.65. The second-order valence-corrected chi connectivity index (χ2v) is 6.72. The molecule has 1 heterocycles. The van der Waals surface area contributed by atoms with E-state index in [0.29, 0.717) is 0 Å². The number of nitrogens with zero attached hydrogens (tertiary/aromatic N) is 1. The molecule has 0 fully saturated rings. The summed E-state index contributed by atoms with van der Waals surface area (Å²) >= 11 is 0. The molecule has 3 nitrogen and oxygen atoms in total. The number of fused-ring (bicyclic) bond motifs is 1. The lowest BCUT2D eigenvalue weighted by molar-refractivity contribution is 0.0981. The summed E-state index contributed by atoms with van der Waals surface area (Å²) in [7, 11) is 1.71. The van der Waals surface area contributed by atoms with Gasteiger partial charge in [0.25, 0.3) is 0 Å². The van der Waals surface area contributed by atoms with Gasteiger partial charge in [0, 0.05) is 23.0 Å². The topological polar surface area (TPSA) is 34.4 Å². The third-order valence-electron chi connectivity index (χ3n) is 4.40. The van der Waals surface area contributed by atoms with Gasteiger partial charge in [-0.2, -0.15) is 0 Å². The number of benzene rings is 1. The highest BCUT2D eigenvalue weighted by atomic mass is 16.5. The van der Waals surface area contributed by atoms with E-state index < -0.39 is 0 Å². The van der Waals surface area contributed by atoms with Gasteiger partial charge in [-0.05, 0) is 30.4 Å². The molecule has 112 valence electrons. The highest BCUT2D eigenvalue weighted by Crippen LogP contribution is 2.41. The molecule has 3 heteroatoms. The fourth-order valence-corrected chi connectivity index (χ4v) is 3.35. The fourth-order valence-electron chi connectivity index (χ4n) is 3.35. The summed E-state index contributed by atoms with van der Waals surface area (Å²) < 4.78 is 7.68. The van der Waals surface area contributed by atoms with Crippen LogP contribution in [0.5, 0.6) is 5.75 Å². The second-order valence-electron chi connectivity index (χ2n) is 6.72. The molecule has 1 N–H and O–H groups in total. The first-order valence-electron chi connectivity index (χ1n) is 7.48. The smallest absolute Gasteiger partial charge is 0.123 e. The summed E-state index contributed by atoms with van der Waals surface area (Å²) in [6.45, 7) is 5.22. The van der Waals surface area contributed by atoms with Crippen LogP contribution in [0.25, 0.3) is 0 Å². The van der Waals surface area contributed by atoms with E-state index >= 15 is 0 Å². The van der Waals surface area contributed by atoms with Crippen molar-refractivity contribution in [3.63, 3.8) is 0 Å². The number of aliphatic hydroxyl groups excluding tert-OH is 1. The number of aliphatic hydroxyl groups is 1. The zero-order chi connectivity index (χ0) is 15.0. The highest BCUT2D eigenvalue weighted by Gasteiger charge is 2.33. The number of hydrogen-bond acceptors (Lipinski definition) is 2. The van der Waals surface area contributed by atoms with Crippen molar-refractivity contribution in [1.82, 2.24) is 4.57 Å². The minimum atomic E-state index is -0.345. The van der Waals surface area contributed by atoms with E-state index in [1.165, 1.54) is 5.69 Å². The van der Waals surface area contributed by atoms with Crippen LogP contribution in [0.3, 0.4) is 0 Å². The van der Waals surface area contributed by atoms with Crippen LogP contribution >= 0.6 is 0 Å². The first kappa shape index (κ1) is 14.2. The predicted octanol–water partition coefficient (Wildman–Crippen LogP) is 3.55. The second kappa shape index (κ2) is 5.23. The number of hydrogen-bond donors (Lipinski definition) is 1. The normalized spacial score (nSPS) is 20.1. The van der Waals surface area contributed by atoms with E-state index in [1.54, 1.807) is 7.11 Å². The maximum absolute atomic E-state index is 10.3. The molecule has 3 rings (SSSR count). The molecule has 1 aromatic carbocycles. The molecule has 2 aromatic rings. The van der Waals surface area contributed by atoms with Gasteiger partial charge in [-0.25, -0.2) is 0 Å². The van der Waals surface area contributed by atoms with Gasteiger partial charge in [0.2, 0.25) is 0 Å². The molecule has 1 unspecified atom stereocenters. The molecule has 1 aromatic heterocycles. The molecule has 1 atom stereocenters. The lowest BCUT2D eigenvalue weighted by Gasteiger charge is -2.34. The van der Waals surface area contributed by atoms with Gasteiger partial charge < -0.3 is 14.4 Å². The lowest BCUT2D eigenvalue weighted by Crippen LogP contribution is -2.26. The molecule has 0 saturated heterocycles. The van der Waals surface area contributed by atoms with E-state index in [4.69, 9.17) is 4.74 Å². The van der Waals surface area contributed by atoms with E-state index in [1.807, 2.05) is 18.2 Å². The van der Waals surface area contributed by atoms with E-state index in [0.717, 1.165) is 36.3 Å². The van der Waals surface area contributed by atoms with Crippen LogP contribution in [-0.4, -0.2) is 16.8 Å². The van der Waals surface area contributed by atoms with Gasteiger partial charge in [0.1, 0.15) is 5.75 Å². The Morgan fingerprint density at radius 1 is 1.29 bits per heavy atom. The van der Waals surface area contributed by atoms with Crippen molar-refractivity contribution < 1.29 is 9.84 Å². The summed E-state index contributed by atoms with van der Waals surface area (Å²) in [5.74, 6) is 0.913. The van der Waals surface area contributed by atoms with Crippen LogP contribution in [-0.2, 0) is 13.0 Å². The van der Waals surface area contributed by atoms with Gasteiger partial charge in [-0.15, -0.1) is 0 Å². The lowest BCUT2D eigenvalue weighted by atomic mass is 9.75. The van der Waals surface area contributed by atoms with Crippen LogP contribution in [0.1, 0.15) is 43.2 Å². The summed E-state index contributed by atoms with van der Waals surface area (Å²) in [6, 6.07) is 10.2. The fraction of sp³-hybridized carbons (Fsp3) is 0.444. The number of para-hydroxylation sites is 1. The van der Waals surface area contributed by atoms with Crippen molar-refractivity contribution >= 4 is 0 Å². The molecule has 0 radical (unpaired) electrons. The molecule has 0 bridgehead atoms. The standard InChI is InChI=1S/C18H23NO2/c1-18(2)10-15-14(16(20)11-18)8-9-19(15)12-13-6-4-5-7-17(13)21-3/h4-9,16,20H,10-12H2,1-3H3. The average Bonchev–Trinajstić information content (AvgIpc) is 2.81. The molecular formula is C18H23NO2. The summed E-state index contributed by atoms with van der Waals surface area (Å²) in [5, 5.41) is 10.3. The van der Waals surface area contributed by atoms with Crippen LogP contribution in [0.4, 0.5) is 0 Å². The van der Waals surface area contributed by atoms with Crippen molar-refractivity contribution in [3.8, 4) is 5.75 Å². The molecule has 21 heavy (non-hydrogen) atoms. The van der Waals surface area contributed by atoms with Crippen LogP contribution in [0.2, 0.25) is 0 Å². The molecule has 0 amide bonds. The minimum Gasteiger partial charge on any atom is -0.496 e. The van der Waals surface area contributed by atoms with Gasteiger partial charge in [-0.3, -0.25) is 0 Å². The predicted molar refractivity (Wildman–Crippen MR) is 83.6 cm³/mol. The molecule has 1 aliphatic carbocycles. The monoisotopic (exact) mass is 285 g/mol. The zero-order valence-electron chi connectivity index (χ0n) is 13.0. The first-order chi connectivity index (χ1) is 10.00. The van der Waals surface area contributed by atoms with Crippen LogP contribution < -0.4 is 4.74 Å². The van der Waals surface area contributed by atoms with Gasteiger partial charge in [0.15, 0.2) is 0 Å². The molecule has 0 aliphatic heterocycles. The molecule has 0 saturated carbocycles. The zero-order valence-corrected chi connectivity index (χ0v) is 13.0. The summed E-state index contributed by atoms with van der Waals surface area (Å²) in [6.07, 6.45) is 3.57. The molecular weight excluding hydrogens is 262 g/mol. The Bertz CT molecular complexity index is 642. The van der Waals surface area contributed by atoms with Crippen molar-refractivity contribution in [2.24, 2.45) is 5.41 Å². The Balaban J connectivity index is 1.95. The van der Waals surface area contributed by atoms with Gasteiger partial charge in [0.05, 0.1) is 19.8 Å². The SMILES string of the molecule is COc1ccccc1Cn1ccc2c1CC(C)(C)CC2O. The minimum absolute atomic E-state index is 0.142. The Hall–Kier alpha value is -1.74. The van der Waals surface area contributed by atoms with E-state index in [9.17, 15) is 5.11 Å². The summed E-state index contributed by atoms with van der Waals surface area (Å²) in [4.78, 5) is 0. The number of ether oxygens (including phenoxy) is 1. The van der Waals surface area contributed by atoms with E-state index in [2.05, 4.69) is 36.7 Å². The average molecular weight is 285 g/mol. The molecule has 0 spiro atoms. The third-order valence-corrected chi connectivity index (χ3v) is 4.40. The first-order valence-corrected chi connectivity index (χ1v) is 7.48. The quantitative estimate of drug-likeness (QED) is 0.936.